The Bertz CT molecular complexity index is 502. The molecule has 0 N–H and O–H groups in total. The molecule has 0 fully saturated rings. The van der Waals surface area contributed by atoms with E-state index in [1.165, 1.54) is 6.92 Å². The molecule has 0 amide bonds. The topological polar surface area (TPSA) is 40.9 Å². The van der Waals surface area contributed by atoms with Crippen LogP contribution < -0.4 is 0 Å². The number of hydrogen-bond acceptors (Lipinski definition) is 2. The van der Waals surface area contributed by atoms with E-state index in [2.05, 4.69) is 0 Å². The number of Topliss-reactive ketones (excluding diaryl/α,β-unsaturated/α-hetero) is 1. The van der Waals surface area contributed by atoms with E-state index in [0.29, 0.717) is 0 Å². The summed E-state index contributed by atoms with van der Waals surface area (Å²) in [5.41, 5.74) is -1.91. The van der Waals surface area contributed by atoms with Gasteiger partial charge in [-0.15, -0.1) is 0 Å². The van der Waals surface area contributed by atoms with Crippen molar-refractivity contribution in [3.05, 3.63) is 35.1 Å². The van der Waals surface area contributed by atoms with Gasteiger partial charge in [-0.25, -0.2) is 4.39 Å². The maximum absolute atomic E-state index is 12.8. The van der Waals surface area contributed by atoms with Crippen molar-refractivity contribution in [1.29, 1.82) is 5.26 Å². The fraction of sp³-hybridized carbons (Fsp3) is 0.333. The minimum absolute atomic E-state index is 0.187. The standard InChI is InChI=1S/C12H9F4NO/c1-7(4-5-17)11(18)9-3-2-8(13)6-10(9)12(14,15)16/h2-3,6-7H,4H2,1H3. The van der Waals surface area contributed by atoms with E-state index >= 15 is 0 Å². The first-order chi connectivity index (χ1) is 8.27. The summed E-state index contributed by atoms with van der Waals surface area (Å²) >= 11 is 0. The molecule has 18 heavy (non-hydrogen) atoms. The predicted octanol–water partition coefficient (Wildman–Crippen LogP) is 3.58. The Morgan fingerprint density at radius 3 is 2.56 bits per heavy atom. The lowest BCUT2D eigenvalue weighted by atomic mass is 9.93. The molecule has 0 radical (unpaired) electrons. The number of carbonyl (C=O) groups excluding carboxylic acids is 1. The number of ketones is 1. The quantitative estimate of drug-likeness (QED) is 0.615. The van der Waals surface area contributed by atoms with Crippen molar-refractivity contribution in [3.63, 3.8) is 0 Å². The molecule has 0 aliphatic heterocycles. The van der Waals surface area contributed by atoms with Gasteiger partial charge in [-0.2, -0.15) is 18.4 Å². The second-order valence-corrected chi connectivity index (χ2v) is 3.82. The fourth-order valence-corrected chi connectivity index (χ4v) is 1.46. The van der Waals surface area contributed by atoms with E-state index in [0.717, 1.165) is 12.1 Å². The van der Waals surface area contributed by atoms with Gasteiger partial charge in [0.1, 0.15) is 5.82 Å². The van der Waals surface area contributed by atoms with Crippen molar-refractivity contribution in [3.8, 4) is 6.07 Å². The van der Waals surface area contributed by atoms with Gasteiger partial charge in [0, 0.05) is 17.9 Å². The van der Waals surface area contributed by atoms with E-state index in [1.807, 2.05) is 0 Å². The molecule has 0 aromatic heterocycles. The van der Waals surface area contributed by atoms with Crippen LogP contribution in [-0.2, 0) is 6.18 Å². The fourth-order valence-electron chi connectivity index (χ4n) is 1.46. The summed E-state index contributed by atoms with van der Waals surface area (Å²) in [4.78, 5) is 11.7. The van der Waals surface area contributed by atoms with Crippen LogP contribution in [0, 0.1) is 23.1 Å². The zero-order valence-electron chi connectivity index (χ0n) is 9.38. The van der Waals surface area contributed by atoms with Gasteiger partial charge in [-0.1, -0.05) is 6.92 Å². The molecule has 1 atom stereocenters. The number of alkyl halides is 3. The molecule has 1 rings (SSSR count). The Kier molecular flexibility index (Phi) is 4.07. The van der Waals surface area contributed by atoms with Crippen molar-refractivity contribution in [1.82, 2.24) is 0 Å². The number of carbonyl (C=O) groups is 1. The van der Waals surface area contributed by atoms with E-state index < -0.39 is 34.8 Å². The van der Waals surface area contributed by atoms with Gasteiger partial charge in [0.2, 0.25) is 0 Å². The summed E-state index contributed by atoms with van der Waals surface area (Å²) in [6.07, 6.45) is -4.99. The summed E-state index contributed by atoms with van der Waals surface area (Å²) in [6, 6.07) is 3.59. The van der Waals surface area contributed by atoms with Crippen LogP contribution >= 0.6 is 0 Å². The number of nitrogens with zero attached hydrogens (tertiary/aromatic N) is 1. The third kappa shape index (κ3) is 3.06. The molecule has 0 aliphatic rings. The summed E-state index contributed by atoms with van der Waals surface area (Å²) in [6.45, 7) is 1.36. The maximum Gasteiger partial charge on any atom is 0.417 e. The molecular weight excluding hydrogens is 250 g/mol. The lowest BCUT2D eigenvalue weighted by molar-refractivity contribution is -0.138. The Morgan fingerprint density at radius 1 is 1.44 bits per heavy atom. The average Bonchev–Trinajstić information content (AvgIpc) is 2.27. The van der Waals surface area contributed by atoms with Crippen molar-refractivity contribution in [2.24, 2.45) is 5.92 Å². The van der Waals surface area contributed by atoms with Crippen LogP contribution in [0.1, 0.15) is 29.3 Å². The number of rotatable bonds is 3. The number of halogens is 4. The zero-order valence-corrected chi connectivity index (χ0v) is 9.38. The van der Waals surface area contributed by atoms with Gasteiger partial charge >= 0.3 is 6.18 Å². The molecule has 1 aromatic carbocycles. The number of benzene rings is 1. The highest BCUT2D eigenvalue weighted by atomic mass is 19.4. The summed E-state index contributed by atoms with van der Waals surface area (Å²) in [5.74, 6) is -2.74. The van der Waals surface area contributed by atoms with Gasteiger partial charge in [0.05, 0.1) is 11.6 Å². The van der Waals surface area contributed by atoms with E-state index in [1.54, 1.807) is 6.07 Å². The molecule has 0 aliphatic carbocycles. The zero-order chi connectivity index (χ0) is 13.9. The molecule has 0 saturated heterocycles. The third-order valence-electron chi connectivity index (χ3n) is 2.40. The second kappa shape index (κ2) is 5.17. The predicted molar refractivity (Wildman–Crippen MR) is 55.1 cm³/mol. The Labute approximate surface area is 101 Å². The Morgan fingerprint density at radius 2 is 2.06 bits per heavy atom. The van der Waals surface area contributed by atoms with Crippen LogP contribution in [0.15, 0.2) is 18.2 Å². The number of hydrogen-bond donors (Lipinski definition) is 0. The first-order valence-electron chi connectivity index (χ1n) is 5.05. The van der Waals surface area contributed by atoms with E-state index in [9.17, 15) is 22.4 Å². The first-order valence-corrected chi connectivity index (χ1v) is 5.05. The molecule has 0 saturated carbocycles. The highest BCUT2D eigenvalue weighted by Crippen LogP contribution is 2.33. The maximum atomic E-state index is 12.8. The van der Waals surface area contributed by atoms with Crippen LogP contribution in [0.2, 0.25) is 0 Å². The molecule has 0 bridgehead atoms. The normalized spacial score (nSPS) is 12.9. The molecule has 2 nitrogen and oxygen atoms in total. The van der Waals surface area contributed by atoms with Gasteiger partial charge < -0.3 is 0 Å². The van der Waals surface area contributed by atoms with Crippen LogP contribution in [0.25, 0.3) is 0 Å². The Hall–Kier alpha value is -1.90. The van der Waals surface area contributed by atoms with E-state index in [4.69, 9.17) is 5.26 Å². The lowest BCUT2D eigenvalue weighted by Crippen LogP contribution is -2.18. The molecule has 6 heteroatoms. The molecule has 96 valence electrons. The lowest BCUT2D eigenvalue weighted by Gasteiger charge is -2.14. The molecule has 1 unspecified atom stereocenters. The summed E-state index contributed by atoms with van der Waals surface area (Å²) in [7, 11) is 0. The molecular formula is C12H9F4NO. The monoisotopic (exact) mass is 259 g/mol. The van der Waals surface area contributed by atoms with Crippen molar-refractivity contribution in [2.75, 3.05) is 0 Å². The summed E-state index contributed by atoms with van der Waals surface area (Å²) < 4.78 is 50.8. The average molecular weight is 259 g/mol. The van der Waals surface area contributed by atoms with Crippen molar-refractivity contribution < 1.29 is 22.4 Å². The largest absolute Gasteiger partial charge is 0.417 e. The minimum Gasteiger partial charge on any atom is -0.294 e. The molecule has 0 heterocycles. The van der Waals surface area contributed by atoms with Gasteiger partial charge in [-0.3, -0.25) is 4.79 Å². The van der Waals surface area contributed by atoms with Crippen LogP contribution in [0.4, 0.5) is 17.6 Å². The second-order valence-electron chi connectivity index (χ2n) is 3.82. The minimum atomic E-state index is -4.81. The van der Waals surface area contributed by atoms with Gasteiger partial charge in [0.25, 0.3) is 0 Å². The van der Waals surface area contributed by atoms with Crippen LogP contribution in [0.5, 0.6) is 0 Å². The first kappa shape index (κ1) is 14.2. The Balaban J connectivity index is 3.25. The van der Waals surface area contributed by atoms with Crippen LogP contribution in [0.3, 0.4) is 0 Å². The summed E-state index contributed by atoms with van der Waals surface area (Å²) in [5, 5.41) is 8.42. The van der Waals surface area contributed by atoms with Gasteiger partial charge in [-0.05, 0) is 18.2 Å². The van der Waals surface area contributed by atoms with Gasteiger partial charge in [0.15, 0.2) is 5.78 Å². The van der Waals surface area contributed by atoms with Crippen molar-refractivity contribution in [2.45, 2.75) is 19.5 Å². The third-order valence-corrected chi connectivity index (χ3v) is 2.40. The van der Waals surface area contributed by atoms with E-state index in [-0.39, 0.29) is 12.5 Å². The highest BCUT2D eigenvalue weighted by Gasteiger charge is 2.36. The SMILES string of the molecule is CC(CC#N)C(=O)c1ccc(F)cc1C(F)(F)F. The molecule has 0 spiro atoms. The highest BCUT2D eigenvalue weighted by molar-refractivity contribution is 5.99. The number of nitriles is 1. The van der Waals surface area contributed by atoms with Crippen LogP contribution in [-0.4, -0.2) is 5.78 Å². The molecule has 1 aromatic rings. The van der Waals surface area contributed by atoms with Crippen molar-refractivity contribution >= 4 is 5.78 Å². The smallest absolute Gasteiger partial charge is 0.294 e.